The molecule has 0 saturated heterocycles. The molecule has 3 nitrogen and oxygen atoms in total. The zero-order chi connectivity index (χ0) is 13.1. The van der Waals surface area contributed by atoms with Crippen molar-refractivity contribution in [2.45, 2.75) is 11.8 Å². The first-order valence-electron chi connectivity index (χ1n) is 5.82. The summed E-state index contributed by atoms with van der Waals surface area (Å²) in [4.78, 5) is 18.5. The first-order valence-corrected chi connectivity index (χ1v) is 6.74. The Bertz CT molecular complexity index is 568. The van der Waals surface area contributed by atoms with Gasteiger partial charge in [-0.05, 0) is 24.3 Å². The number of halogens is 1. The topological polar surface area (TPSA) is 33.2 Å². The van der Waals surface area contributed by atoms with Gasteiger partial charge in [-0.25, -0.2) is 0 Å². The summed E-state index contributed by atoms with van der Waals surface area (Å²) in [5.74, 6) is 0.0343. The van der Waals surface area contributed by atoms with Crippen LogP contribution in [0, 0.1) is 0 Å². The number of aromatic nitrogens is 1. The van der Waals surface area contributed by atoms with Crippen LogP contribution in [0.3, 0.4) is 0 Å². The third kappa shape index (κ3) is 2.88. The maximum atomic E-state index is 12.2. The van der Waals surface area contributed by atoms with Crippen molar-refractivity contribution in [3.63, 3.8) is 0 Å². The SMILES string of the molecule is CC(Br)CN(C)C(=O)c1ccc2ncccc2c1. The van der Waals surface area contributed by atoms with Crippen molar-refractivity contribution >= 4 is 32.7 Å². The third-order valence-electron chi connectivity index (χ3n) is 2.72. The molecule has 1 unspecified atom stereocenters. The van der Waals surface area contributed by atoms with Crippen molar-refractivity contribution in [2.75, 3.05) is 13.6 Å². The van der Waals surface area contributed by atoms with Crippen molar-refractivity contribution in [1.82, 2.24) is 9.88 Å². The average molecular weight is 307 g/mol. The third-order valence-corrected chi connectivity index (χ3v) is 3.01. The van der Waals surface area contributed by atoms with Gasteiger partial charge in [-0.3, -0.25) is 9.78 Å². The average Bonchev–Trinajstić information content (AvgIpc) is 2.36. The number of rotatable bonds is 3. The van der Waals surface area contributed by atoms with E-state index in [9.17, 15) is 4.79 Å². The number of fused-ring (bicyclic) bond motifs is 1. The maximum absolute atomic E-state index is 12.2. The van der Waals surface area contributed by atoms with Crippen LogP contribution in [0.15, 0.2) is 36.5 Å². The molecule has 1 aromatic heterocycles. The molecule has 4 heteroatoms. The molecule has 2 rings (SSSR count). The van der Waals surface area contributed by atoms with Gasteiger partial charge in [-0.15, -0.1) is 0 Å². The van der Waals surface area contributed by atoms with Crippen LogP contribution in [0.1, 0.15) is 17.3 Å². The molecule has 0 fully saturated rings. The molecule has 1 aromatic carbocycles. The van der Waals surface area contributed by atoms with E-state index in [1.54, 1.807) is 11.1 Å². The number of pyridine rings is 1. The van der Waals surface area contributed by atoms with E-state index in [1.807, 2.05) is 44.3 Å². The number of benzene rings is 1. The number of hydrogen-bond donors (Lipinski definition) is 0. The lowest BCUT2D eigenvalue weighted by atomic mass is 10.1. The van der Waals surface area contributed by atoms with Gasteiger partial charge in [0.25, 0.3) is 5.91 Å². The molecule has 0 saturated carbocycles. The van der Waals surface area contributed by atoms with Crippen molar-refractivity contribution in [2.24, 2.45) is 0 Å². The highest BCUT2D eigenvalue weighted by Crippen LogP contribution is 2.15. The van der Waals surface area contributed by atoms with Crippen LogP contribution in [0.4, 0.5) is 0 Å². The monoisotopic (exact) mass is 306 g/mol. The molecule has 0 bridgehead atoms. The van der Waals surface area contributed by atoms with E-state index >= 15 is 0 Å². The summed E-state index contributed by atoms with van der Waals surface area (Å²) >= 11 is 3.45. The van der Waals surface area contributed by atoms with Crippen molar-refractivity contribution in [1.29, 1.82) is 0 Å². The van der Waals surface area contributed by atoms with Crippen LogP contribution in [0.25, 0.3) is 10.9 Å². The number of carbonyl (C=O) groups excluding carboxylic acids is 1. The standard InChI is InChI=1S/C14H15BrN2O/c1-10(15)9-17(2)14(18)12-5-6-13-11(8-12)4-3-7-16-13/h3-8,10H,9H2,1-2H3. The molecular formula is C14H15BrN2O. The molecule has 1 heterocycles. The maximum Gasteiger partial charge on any atom is 0.253 e. The van der Waals surface area contributed by atoms with Crippen molar-refractivity contribution in [3.8, 4) is 0 Å². The Kier molecular flexibility index (Phi) is 3.97. The van der Waals surface area contributed by atoms with E-state index in [2.05, 4.69) is 20.9 Å². The lowest BCUT2D eigenvalue weighted by Gasteiger charge is -2.18. The number of hydrogen-bond acceptors (Lipinski definition) is 2. The predicted molar refractivity (Wildman–Crippen MR) is 77.1 cm³/mol. The number of nitrogens with zero attached hydrogens (tertiary/aromatic N) is 2. The van der Waals surface area contributed by atoms with Crippen LogP contribution >= 0.6 is 15.9 Å². The summed E-state index contributed by atoms with van der Waals surface area (Å²) in [5.41, 5.74) is 1.61. The Hall–Kier alpha value is -1.42. The van der Waals surface area contributed by atoms with Crippen molar-refractivity contribution < 1.29 is 4.79 Å². The van der Waals surface area contributed by atoms with Crippen LogP contribution in [-0.4, -0.2) is 34.2 Å². The molecule has 0 N–H and O–H groups in total. The zero-order valence-electron chi connectivity index (χ0n) is 10.4. The molecule has 18 heavy (non-hydrogen) atoms. The number of carbonyl (C=O) groups is 1. The zero-order valence-corrected chi connectivity index (χ0v) is 12.0. The minimum atomic E-state index is 0.0343. The molecular weight excluding hydrogens is 292 g/mol. The van der Waals surface area contributed by atoms with Crippen LogP contribution in [-0.2, 0) is 0 Å². The highest BCUT2D eigenvalue weighted by molar-refractivity contribution is 9.09. The van der Waals surface area contributed by atoms with Gasteiger partial charge >= 0.3 is 0 Å². The van der Waals surface area contributed by atoms with Gasteiger partial charge in [-0.1, -0.05) is 28.9 Å². The second kappa shape index (κ2) is 5.48. The van der Waals surface area contributed by atoms with Gasteiger partial charge in [-0.2, -0.15) is 0 Å². The molecule has 0 radical (unpaired) electrons. The molecule has 1 amide bonds. The highest BCUT2D eigenvalue weighted by atomic mass is 79.9. The lowest BCUT2D eigenvalue weighted by molar-refractivity contribution is 0.0797. The van der Waals surface area contributed by atoms with E-state index in [4.69, 9.17) is 0 Å². The normalized spacial score (nSPS) is 12.4. The molecule has 0 aliphatic heterocycles. The fourth-order valence-electron chi connectivity index (χ4n) is 1.89. The second-order valence-electron chi connectivity index (χ2n) is 4.38. The van der Waals surface area contributed by atoms with E-state index in [0.29, 0.717) is 12.1 Å². The Morgan fingerprint density at radius 3 is 2.94 bits per heavy atom. The highest BCUT2D eigenvalue weighted by Gasteiger charge is 2.13. The molecule has 94 valence electrons. The van der Waals surface area contributed by atoms with E-state index in [0.717, 1.165) is 10.9 Å². The lowest BCUT2D eigenvalue weighted by Crippen LogP contribution is -2.31. The van der Waals surface area contributed by atoms with E-state index in [-0.39, 0.29) is 10.7 Å². The fourth-order valence-corrected chi connectivity index (χ4v) is 2.32. The number of amides is 1. The summed E-state index contributed by atoms with van der Waals surface area (Å²) < 4.78 is 0. The first-order chi connectivity index (χ1) is 8.58. The summed E-state index contributed by atoms with van der Waals surface area (Å²) in [5, 5.41) is 0.989. The Balaban J connectivity index is 2.28. The van der Waals surface area contributed by atoms with Gasteiger partial charge in [0.05, 0.1) is 5.52 Å². The molecule has 1 atom stereocenters. The van der Waals surface area contributed by atoms with Crippen LogP contribution in [0.5, 0.6) is 0 Å². The van der Waals surface area contributed by atoms with E-state index < -0.39 is 0 Å². The van der Waals surface area contributed by atoms with Crippen molar-refractivity contribution in [3.05, 3.63) is 42.1 Å². The molecule has 2 aromatic rings. The quantitative estimate of drug-likeness (QED) is 0.816. The summed E-state index contributed by atoms with van der Waals surface area (Å²) in [6.45, 7) is 2.71. The Morgan fingerprint density at radius 1 is 1.44 bits per heavy atom. The summed E-state index contributed by atoms with van der Waals surface area (Å²) in [6, 6.07) is 9.44. The minimum absolute atomic E-state index is 0.0343. The summed E-state index contributed by atoms with van der Waals surface area (Å²) in [7, 11) is 1.81. The van der Waals surface area contributed by atoms with Gasteiger partial charge < -0.3 is 4.90 Å². The first kappa shape index (κ1) is 13.0. The minimum Gasteiger partial charge on any atom is -0.341 e. The largest absolute Gasteiger partial charge is 0.341 e. The van der Waals surface area contributed by atoms with Gasteiger partial charge in [0.15, 0.2) is 0 Å². The van der Waals surface area contributed by atoms with E-state index in [1.165, 1.54) is 0 Å². The Morgan fingerprint density at radius 2 is 2.22 bits per heavy atom. The molecule has 0 aliphatic carbocycles. The van der Waals surface area contributed by atoms with Gasteiger partial charge in [0.1, 0.15) is 0 Å². The molecule has 0 spiro atoms. The van der Waals surface area contributed by atoms with Gasteiger partial charge in [0.2, 0.25) is 0 Å². The second-order valence-corrected chi connectivity index (χ2v) is 5.94. The van der Waals surface area contributed by atoms with Gasteiger partial charge in [0, 0.05) is 35.6 Å². The Labute approximate surface area is 115 Å². The smallest absolute Gasteiger partial charge is 0.253 e. The molecule has 0 aliphatic rings. The summed E-state index contributed by atoms with van der Waals surface area (Å²) in [6.07, 6.45) is 1.75. The fraction of sp³-hybridized carbons (Fsp3) is 0.286. The van der Waals surface area contributed by atoms with Crippen LogP contribution < -0.4 is 0 Å². The predicted octanol–water partition coefficient (Wildman–Crippen LogP) is 3.09. The number of alkyl halides is 1. The van der Waals surface area contributed by atoms with Crippen LogP contribution in [0.2, 0.25) is 0 Å².